The van der Waals surface area contributed by atoms with Gasteiger partial charge in [-0.25, -0.2) is 0 Å². The van der Waals surface area contributed by atoms with E-state index in [1.165, 1.54) is 21.5 Å². The third-order valence-electron chi connectivity index (χ3n) is 2.56. The Labute approximate surface area is 122 Å². The Balaban J connectivity index is 0.000000640. The molecular weight excluding hydrogens is 269 g/mol. The number of hydrogen-bond acceptors (Lipinski definition) is 0. The Hall–Kier alpha value is -0.716. The molecule has 0 aliphatic carbocycles. The largest absolute Gasteiger partial charge is 0.358 e. The van der Waals surface area contributed by atoms with Crippen molar-refractivity contribution in [2.75, 3.05) is 0 Å². The molecule has 1 radical (unpaired) electrons. The zero-order valence-electron chi connectivity index (χ0n) is 9.27. The Kier molecular flexibility index (Phi) is 4.64. The van der Waals surface area contributed by atoms with Gasteiger partial charge in [-0.15, -0.1) is 35.0 Å². The fraction of sp³-hybridized carbons (Fsp3) is 0. The van der Waals surface area contributed by atoms with Crippen molar-refractivity contribution in [3.63, 3.8) is 0 Å². The molecule has 1 heteroatoms. The van der Waals surface area contributed by atoms with Crippen LogP contribution in [-0.4, -0.2) is 0 Å². The van der Waals surface area contributed by atoms with Crippen LogP contribution in [0.5, 0.6) is 0 Å². The SMILES string of the molecule is [CH3-].[Y].[c-]1cc2ccccc2c2ccccc12. The van der Waals surface area contributed by atoms with Crippen molar-refractivity contribution < 1.29 is 32.7 Å². The molecule has 0 fully saturated rings. The van der Waals surface area contributed by atoms with Crippen molar-refractivity contribution in [1.29, 1.82) is 0 Å². The minimum absolute atomic E-state index is 0. The minimum Gasteiger partial charge on any atom is -0.358 e. The van der Waals surface area contributed by atoms with Crippen LogP contribution < -0.4 is 0 Å². The summed E-state index contributed by atoms with van der Waals surface area (Å²) in [6.07, 6.45) is 0. The molecule has 0 bridgehead atoms. The Morgan fingerprint density at radius 3 is 2.19 bits per heavy atom. The van der Waals surface area contributed by atoms with Crippen LogP contribution in [0.2, 0.25) is 0 Å². The molecule has 3 rings (SSSR count). The van der Waals surface area contributed by atoms with Crippen LogP contribution >= 0.6 is 0 Å². The number of benzene rings is 3. The fourth-order valence-electron chi connectivity index (χ4n) is 1.87. The van der Waals surface area contributed by atoms with E-state index in [0.29, 0.717) is 0 Å². The summed E-state index contributed by atoms with van der Waals surface area (Å²) in [4.78, 5) is 0. The van der Waals surface area contributed by atoms with E-state index in [-0.39, 0.29) is 40.1 Å². The molecule has 3 aromatic carbocycles. The second-order valence-corrected chi connectivity index (χ2v) is 3.42. The van der Waals surface area contributed by atoms with Gasteiger partial charge >= 0.3 is 0 Å². The quantitative estimate of drug-likeness (QED) is 0.427. The molecule has 3 aromatic rings. The molecule has 0 heterocycles. The first kappa shape index (κ1) is 13.3. The average Bonchev–Trinajstić information content (AvgIpc) is 2.29. The predicted octanol–water partition coefficient (Wildman–Crippen LogP) is 4.24. The predicted molar refractivity (Wildman–Crippen MR) is 66.7 cm³/mol. The summed E-state index contributed by atoms with van der Waals surface area (Å²) in [5.74, 6) is 0. The maximum atomic E-state index is 3.29. The van der Waals surface area contributed by atoms with E-state index in [1.54, 1.807) is 0 Å². The third kappa shape index (κ3) is 2.19. The summed E-state index contributed by atoms with van der Waals surface area (Å²) < 4.78 is 0. The fourth-order valence-corrected chi connectivity index (χ4v) is 1.87. The van der Waals surface area contributed by atoms with Gasteiger partial charge < -0.3 is 7.43 Å². The van der Waals surface area contributed by atoms with Crippen LogP contribution in [0.25, 0.3) is 21.5 Å². The van der Waals surface area contributed by atoms with Crippen LogP contribution in [0.4, 0.5) is 0 Å². The molecule has 0 N–H and O–H groups in total. The first-order valence-electron chi connectivity index (χ1n) is 4.73. The van der Waals surface area contributed by atoms with Gasteiger partial charge in [0.05, 0.1) is 0 Å². The summed E-state index contributed by atoms with van der Waals surface area (Å²) >= 11 is 0. The van der Waals surface area contributed by atoms with Gasteiger partial charge in [-0.05, 0) is 0 Å². The zero-order valence-corrected chi connectivity index (χ0v) is 12.1. The molecule has 0 saturated carbocycles. The van der Waals surface area contributed by atoms with Crippen molar-refractivity contribution in [2.24, 2.45) is 0 Å². The minimum atomic E-state index is 0. The molecule has 0 nitrogen and oxygen atoms in total. The topological polar surface area (TPSA) is 0 Å². The Bertz CT molecular complexity index is 544. The van der Waals surface area contributed by atoms with E-state index >= 15 is 0 Å². The molecule has 0 unspecified atom stereocenters. The average molecular weight is 281 g/mol. The number of rotatable bonds is 0. The Morgan fingerprint density at radius 1 is 0.750 bits per heavy atom. The molecule has 0 atom stereocenters. The standard InChI is InChI=1S/C14H9.CH3.Y/c1-3-7-13-11(5-1)9-10-12-6-2-4-8-14(12)13;;/h1-9H;1H3;/q2*-1;. The van der Waals surface area contributed by atoms with Crippen LogP contribution in [0.1, 0.15) is 0 Å². The molecule has 0 spiro atoms. The van der Waals surface area contributed by atoms with Crippen LogP contribution in [0.3, 0.4) is 0 Å². The van der Waals surface area contributed by atoms with E-state index in [1.807, 2.05) is 6.07 Å². The van der Waals surface area contributed by atoms with Crippen LogP contribution in [0.15, 0.2) is 54.6 Å². The summed E-state index contributed by atoms with van der Waals surface area (Å²) in [6, 6.07) is 22.1. The molecule has 0 amide bonds. The van der Waals surface area contributed by atoms with Gasteiger partial charge in [0.1, 0.15) is 0 Å². The van der Waals surface area contributed by atoms with E-state index in [4.69, 9.17) is 0 Å². The van der Waals surface area contributed by atoms with Crippen molar-refractivity contribution in [2.45, 2.75) is 0 Å². The van der Waals surface area contributed by atoms with E-state index < -0.39 is 0 Å². The maximum Gasteiger partial charge on any atom is 0 e. The van der Waals surface area contributed by atoms with Gasteiger partial charge in [-0.2, -0.15) is 0 Å². The summed E-state index contributed by atoms with van der Waals surface area (Å²) in [5.41, 5.74) is 0. The smallest absolute Gasteiger partial charge is 0 e. The van der Waals surface area contributed by atoms with Gasteiger partial charge in [0.2, 0.25) is 0 Å². The first-order valence-corrected chi connectivity index (χ1v) is 4.73. The molecule has 0 saturated heterocycles. The second kappa shape index (κ2) is 5.56. The number of fused-ring (bicyclic) bond motifs is 3. The van der Waals surface area contributed by atoms with E-state index in [0.717, 1.165) is 0 Å². The van der Waals surface area contributed by atoms with Crippen molar-refractivity contribution >= 4 is 21.5 Å². The van der Waals surface area contributed by atoms with Gasteiger partial charge in [0.25, 0.3) is 0 Å². The monoisotopic (exact) mass is 281 g/mol. The molecule has 16 heavy (non-hydrogen) atoms. The van der Waals surface area contributed by atoms with Gasteiger partial charge in [-0.1, -0.05) is 47.2 Å². The Morgan fingerprint density at radius 2 is 1.38 bits per heavy atom. The summed E-state index contributed by atoms with van der Waals surface area (Å²) in [6.45, 7) is 0. The zero-order chi connectivity index (χ0) is 9.38. The van der Waals surface area contributed by atoms with Crippen molar-refractivity contribution in [3.8, 4) is 0 Å². The van der Waals surface area contributed by atoms with Crippen molar-refractivity contribution in [1.82, 2.24) is 0 Å². The van der Waals surface area contributed by atoms with Crippen molar-refractivity contribution in [3.05, 3.63) is 68.1 Å². The van der Waals surface area contributed by atoms with Gasteiger partial charge in [-0.3, -0.25) is 0 Å². The summed E-state index contributed by atoms with van der Waals surface area (Å²) in [7, 11) is 0. The van der Waals surface area contributed by atoms with Crippen LogP contribution in [0, 0.1) is 13.5 Å². The van der Waals surface area contributed by atoms with Gasteiger partial charge in [0, 0.05) is 32.7 Å². The molecule has 0 aliphatic heterocycles. The number of hydrogen-bond donors (Lipinski definition) is 0. The second-order valence-electron chi connectivity index (χ2n) is 3.42. The van der Waals surface area contributed by atoms with Crippen LogP contribution in [-0.2, 0) is 32.7 Å². The summed E-state index contributed by atoms with van der Waals surface area (Å²) in [5, 5.41) is 5.03. The van der Waals surface area contributed by atoms with E-state index in [2.05, 4.69) is 54.6 Å². The molecular formula is C15H12Y-2. The normalized spacial score (nSPS) is 9.50. The van der Waals surface area contributed by atoms with E-state index in [9.17, 15) is 0 Å². The maximum absolute atomic E-state index is 3.29. The molecule has 0 aliphatic rings. The van der Waals surface area contributed by atoms with Gasteiger partial charge in [0.15, 0.2) is 0 Å². The first-order chi connectivity index (χ1) is 6.95. The third-order valence-corrected chi connectivity index (χ3v) is 2.56. The molecule has 0 aromatic heterocycles. The molecule has 77 valence electrons.